The van der Waals surface area contributed by atoms with Crippen LogP contribution in [0.2, 0.25) is 0 Å². The molecule has 1 aromatic carbocycles. The van der Waals surface area contributed by atoms with Gasteiger partial charge in [0.25, 0.3) is 0 Å². The first-order valence-corrected chi connectivity index (χ1v) is 11.4. The second-order valence-electron chi connectivity index (χ2n) is 8.42. The third kappa shape index (κ3) is 9.11. The van der Waals surface area contributed by atoms with E-state index in [-0.39, 0.29) is 24.0 Å². The first-order valence-electron chi connectivity index (χ1n) is 11.4. The van der Waals surface area contributed by atoms with Gasteiger partial charge in [0, 0.05) is 58.4 Å². The van der Waals surface area contributed by atoms with E-state index in [4.69, 9.17) is 9.47 Å². The highest BCUT2D eigenvalue weighted by Gasteiger charge is 2.21. The van der Waals surface area contributed by atoms with Gasteiger partial charge in [0.05, 0.1) is 13.2 Å². The molecule has 3 rings (SSSR count). The Hall–Kier alpha value is -1.10. The number of hydrogen-bond donors (Lipinski definition) is 2. The lowest BCUT2D eigenvalue weighted by atomic mass is 10.0. The monoisotopic (exact) mass is 545 g/mol. The molecule has 1 aromatic rings. The number of likely N-dealkylation sites (tertiary alicyclic amines) is 1. The van der Waals surface area contributed by atoms with Crippen LogP contribution in [0, 0.1) is 0 Å². The summed E-state index contributed by atoms with van der Waals surface area (Å²) in [5.41, 5.74) is 1.19. The van der Waals surface area contributed by atoms with Crippen molar-refractivity contribution < 1.29 is 9.47 Å². The van der Waals surface area contributed by atoms with E-state index in [0.29, 0.717) is 18.7 Å². The number of nitrogens with one attached hydrogen (secondary N) is 2. The molecule has 2 fully saturated rings. The lowest BCUT2D eigenvalue weighted by Crippen LogP contribution is -2.49. The van der Waals surface area contributed by atoms with E-state index in [1.807, 2.05) is 13.1 Å². The zero-order valence-corrected chi connectivity index (χ0v) is 21.6. The second kappa shape index (κ2) is 14.1. The molecule has 0 atom stereocenters. The first-order chi connectivity index (χ1) is 14.6. The summed E-state index contributed by atoms with van der Waals surface area (Å²) in [4.78, 5) is 9.33. The Balaban J connectivity index is 0.00000341. The van der Waals surface area contributed by atoms with Crippen LogP contribution >= 0.6 is 24.0 Å². The molecule has 31 heavy (non-hydrogen) atoms. The molecule has 0 bridgehead atoms. The maximum Gasteiger partial charge on any atom is 0.191 e. The molecule has 2 N–H and O–H groups in total. The van der Waals surface area contributed by atoms with Crippen molar-refractivity contribution in [2.24, 2.45) is 4.99 Å². The Kier molecular flexibility index (Phi) is 11.9. The summed E-state index contributed by atoms with van der Waals surface area (Å²) in [6, 6.07) is 9.43. The summed E-state index contributed by atoms with van der Waals surface area (Å²) in [5, 5.41) is 7.04. The molecule has 0 amide bonds. The van der Waals surface area contributed by atoms with Crippen LogP contribution in [0.1, 0.15) is 32.3 Å². The average molecular weight is 546 g/mol. The number of rotatable bonds is 8. The molecule has 0 aromatic heterocycles. The molecule has 176 valence electrons. The highest BCUT2D eigenvalue weighted by atomic mass is 127. The number of hydrogen-bond acceptors (Lipinski definition) is 5. The maximum atomic E-state index is 5.97. The Morgan fingerprint density at radius 3 is 2.61 bits per heavy atom. The highest BCUT2D eigenvalue weighted by Crippen LogP contribution is 2.14. The quantitative estimate of drug-likeness (QED) is 0.298. The van der Waals surface area contributed by atoms with Crippen molar-refractivity contribution in [2.45, 2.75) is 45.3 Å². The van der Waals surface area contributed by atoms with Crippen molar-refractivity contribution in [1.82, 2.24) is 20.4 Å². The number of piperidine rings is 1. The van der Waals surface area contributed by atoms with Crippen molar-refractivity contribution in [3.63, 3.8) is 0 Å². The van der Waals surface area contributed by atoms with Gasteiger partial charge < -0.3 is 25.0 Å². The molecule has 8 heteroatoms. The molecule has 7 nitrogen and oxygen atoms in total. The minimum Gasteiger partial charge on any atom is -0.492 e. The van der Waals surface area contributed by atoms with Crippen LogP contribution in [-0.2, 0) is 11.3 Å². The predicted molar refractivity (Wildman–Crippen MR) is 138 cm³/mol. The normalized spacial score (nSPS) is 19.2. The van der Waals surface area contributed by atoms with Crippen molar-refractivity contribution in [1.29, 1.82) is 0 Å². The smallest absolute Gasteiger partial charge is 0.191 e. The summed E-state index contributed by atoms with van der Waals surface area (Å²) in [7, 11) is 1.84. The van der Waals surface area contributed by atoms with E-state index in [1.165, 1.54) is 5.56 Å². The van der Waals surface area contributed by atoms with Crippen molar-refractivity contribution >= 4 is 29.9 Å². The van der Waals surface area contributed by atoms with Crippen molar-refractivity contribution in [3.8, 4) is 5.75 Å². The van der Waals surface area contributed by atoms with E-state index < -0.39 is 0 Å². The van der Waals surface area contributed by atoms with Crippen LogP contribution in [0.5, 0.6) is 5.75 Å². The van der Waals surface area contributed by atoms with Gasteiger partial charge in [-0.1, -0.05) is 12.1 Å². The molecule has 0 radical (unpaired) electrons. The number of ether oxygens (including phenoxy) is 2. The minimum absolute atomic E-state index is 0. The minimum atomic E-state index is 0. The van der Waals surface area contributed by atoms with E-state index in [9.17, 15) is 0 Å². The zero-order valence-electron chi connectivity index (χ0n) is 19.3. The van der Waals surface area contributed by atoms with Gasteiger partial charge in [-0.2, -0.15) is 0 Å². The van der Waals surface area contributed by atoms with Gasteiger partial charge in [0.1, 0.15) is 12.4 Å². The Morgan fingerprint density at radius 1 is 1.19 bits per heavy atom. The van der Waals surface area contributed by atoms with Crippen LogP contribution in [-0.4, -0.2) is 87.4 Å². The molecular weight excluding hydrogens is 505 g/mol. The number of morpholine rings is 1. The van der Waals surface area contributed by atoms with Gasteiger partial charge in [-0.15, -0.1) is 24.0 Å². The van der Waals surface area contributed by atoms with Gasteiger partial charge in [0.15, 0.2) is 5.96 Å². The third-order valence-corrected chi connectivity index (χ3v) is 5.96. The second-order valence-corrected chi connectivity index (χ2v) is 8.42. The fourth-order valence-corrected chi connectivity index (χ4v) is 4.00. The highest BCUT2D eigenvalue weighted by molar-refractivity contribution is 14.0. The average Bonchev–Trinajstić information content (AvgIpc) is 2.78. The fraction of sp³-hybridized carbons (Fsp3) is 0.696. The lowest BCUT2D eigenvalue weighted by Gasteiger charge is -2.35. The van der Waals surface area contributed by atoms with E-state index in [1.54, 1.807) is 0 Å². The summed E-state index contributed by atoms with van der Waals surface area (Å²) in [5.74, 6) is 1.79. The Bertz CT molecular complexity index is 659. The van der Waals surface area contributed by atoms with E-state index >= 15 is 0 Å². The molecule has 0 saturated carbocycles. The molecule has 0 spiro atoms. The molecule has 2 aliphatic rings. The van der Waals surface area contributed by atoms with Crippen LogP contribution in [0.25, 0.3) is 0 Å². The number of guanidine groups is 1. The Morgan fingerprint density at radius 2 is 1.94 bits per heavy atom. The number of halogens is 1. The van der Waals surface area contributed by atoms with Crippen molar-refractivity contribution in [3.05, 3.63) is 29.8 Å². The predicted octanol–water partition coefficient (Wildman–Crippen LogP) is 2.55. The van der Waals surface area contributed by atoms with Gasteiger partial charge in [-0.3, -0.25) is 9.89 Å². The molecule has 0 aliphatic carbocycles. The molecule has 2 heterocycles. The van der Waals surface area contributed by atoms with E-state index in [2.05, 4.69) is 57.5 Å². The number of nitrogens with zero attached hydrogens (tertiary/aromatic N) is 3. The van der Waals surface area contributed by atoms with Crippen LogP contribution in [0.3, 0.4) is 0 Å². The largest absolute Gasteiger partial charge is 0.492 e. The standard InChI is InChI=1S/C23H39N5O2.HI/c1-19(2)28-9-7-21(8-10-28)26-23(24-3)25-18-20-5-4-6-22(17-20)30-16-13-27-11-14-29-15-12-27;/h4-6,17,19,21H,7-16,18H2,1-3H3,(H2,24,25,26);1H. The summed E-state index contributed by atoms with van der Waals surface area (Å²) < 4.78 is 11.4. The van der Waals surface area contributed by atoms with Gasteiger partial charge in [0.2, 0.25) is 0 Å². The molecule has 2 aliphatic heterocycles. The summed E-state index contributed by atoms with van der Waals surface area (Å²) in [6.07, 6.45) is 2.32. The van der Waals surface area contributed by atoms with Crippen molar-refractivity contribution in [2.75, 3.05) is 59.6 Å². The van der Waals surface area contributed by atoms with E-state index in [0.717, 1.165) is 77.0 Å². The molecule has 0 unspecified atom stereocenters. The fourth-order valence-electron chi connectivity index (χ4n) is 4.00. The third-order valence-electron chi connectivity index (χ3n) is 5.96. The molecular formula is C23H40IN5O2. The van der Waals surface area contributed by atoms with Crippen LogP contribution < -0.4 is 15.4 Å². The SMILES string of the molecule is CN=C(NCc1cccc(OCCN2CCOCC2)c1)NC1CCN(C(C)C)CC1.I. The zero-order chi connectivity index (χ0) is 21.2. The van der Waals surface area contributed by atoms with Crippen LogP contribution in [0.4, 0.5) is 0 Å². The maximum absolute atomic E-state index is 5.97. The molecule has 2 saturated heterocycles. The lowest BCUT2D eigenvalue weighted by molar-refractivity contribution is 0.0322. The van der Waals surface area contributed by atoms with Gasteiger partial charge in [-0.25, -0.2) is 0 Å². The Labute approximate surface area is 205 Å². The number of benzene rings is 1. The van der Waals surface area contributed by atoms with Crippen LogP contribution in [0.15, 0.2) is 29.3 Å². The van der Waals surface area contributed by atoms with Gasteiger partial charge in [-0.05, 0) is 44.4 Å². The van der Waals surface area contributed by atoms with Gasteiger partial charge >= 0.3 is 0 Å². The topological polar surface area (TPSA) is 61.4 Å². The number of aliphatic imine (C=N–C) groups is 1. The summed E-state index contributed by atoms with van der Waals surface area (Å²) >= 11 is 0. The summed E-state index contributed by atoms with van der Waals surface area (Å²) in [6.45, 7) is 12.9. The first kappa shape index (κ1) is 26.2.